The van der Waals surface area contributed by atoms with Crippen molar-refractivity contribution in [3.8, 4) is 11.5 Å². The van der Waals surface area contributed by atoms with Crippen molar-refractivity contribution in [3.63, 3.8) is 0 Å². The molecule has 0 heterocycles. The van der Waals surface area contributed by atoms with Crippen molar-refractivity contribution in [1.29, 1.82) is 0 Å². The minimum Gasteiger partial charge on any atom is -0.497 e. The molecule has 1 N–H and O–H groups in total. The van der Waals surface area contributed by atoms with E-state index in [4.69, 9.17) is 9.47 Å². The van der Waals surface area contributed by atoms with E-state index in [1.807, 2.05) is 24.3 Å². The van der Waals surface area contributed by atoms with Crippen molar-refractivity contribution in [2.75, 3.05) is 26.8 Å². The van der Waals surface area contributed by atoms with E-state index < -0.39 is 0 Å². The molecule has 0 aromatic heterocycles. The fourth-order valence-electron chi connectivity index (χ4n) is 1.30. The average Bonchev–Trinajstić information content (AvgIpc) is 2.29. The molecule has 0 bridgehead atoms. The predicted octanol–water partition coefficient (Wildman–Crippen LogP) is 2.32. The first kappa shape index (κ1) is 12.8. The Morgan fingerprint density at radius 2 is 1.75 bits per heavy atom. The van der Waals surface area contributed by atoms with Gasteiger partial charge in [0.15, 0.2) is 0 Å². The van der Waals surface area contributed by atoms with E-state index >= 15 is 0 Å². The normalized spacial score (nSPS) is 10.5. The van der Waals surface area contributed by atoms with Gasteiger partial charge in [0, 0.05) is 6.54 Å². The van der Waals surface area contributed by atoms with Crippen molar-refractivity contribution in [3.05, 3.63) is 24.3 Å². The standard InChI is InChI=1S/C13H21NO2/c1-11(2)10-14-8-9-16-13-6-4-12(15-3)5-7-13/h4-7,11,14H,8-10H2,1-3H3. The van der Waals surface area contributed by atoms with Gasteiger partial charge in [-0.15, -0.1) is 0 Å². The molecule has 0 saturated carbocycles. The summed E-state index contributed by atoms with van der Waals surface area (Å²) in [6.07, 6.45) is 0. The first-order chi connectivity index (χ1) is 7.72. The quantitative estimate of drug-likeness (QED) is 0.720. The van der Waals surface area contributed by atoms with Crippen LogP contribution in [0.4, 0.5) is 0 Å². The van der Waals surface area contributed by atoms with Gasteiger partial charge in [-0.1, -0.05) is 13.8 Å². The van der Waals surface area contributed by atoms with Gasteiger partial charge in [-0.25, -0.2) is 0 Å². The molecule has 16 heavy (non-hydrogen) atoms. The van der Waals surface area contributed by atoms with Crippen molar-refractivity contribution in [2.24, 2.45) is 5.92 Å². The minimum atomic E-state index is 0.681. The lowest BCUT2D eigenvalue weighted by Gasteiger charge is -2.09. The van der Waals surface area contributed by atoms with Crippen LogP contribution < -0.4 is 14.8 Å². The summed E-state index contributed by atoms with van der Waals surface area (Å²) in [6, 6.07) is 7.64. The van der Waals surface area contributed by atoms with Crippen molar-refractivity contribution >= 4 is 0 Å². The van der Waals surface area contributed by atoms with Crippen LogP contribution in [0, 0.1) is 5.92 Å². The number of methoxy groups -OCH3 is 1. The molecule has 0 aliphatic carbocycles. The number of hydrogen-bond donors (Lipinski definition) is 1. The summed E-state index contributed by atoms with van der Waals surface area (Å²) in [6.45, 7) is 6.99. The Labute approximate surface area is 97.8 Å². The topological polar surface area (TPSA) is 30.5 Å². The molecule has 0 aliphatic rings. The van der Waals surface area contributed by atoms with E-state index in [9.17, 15) is 0 Å². The predicted molar refractivity (Wildman–Crippen MR) is 66.2 cm³/mol. The van der Waals surface area contributed by atoms with Crippen LogP contribution in [0.2, 0.25) is 0 Å². The molecule has 0 amide bonds. The molecular formula is C13H21NO2. The van der Waals surface area contributed by atoms with Crippen molar-refractivity contribution in [2.45, 2.75) is 13.8 Å². The fourth-order valence-corrected chi connectivity index (χ4v) is 1.30. The Kier molecular flexibility index (Phi) is 5.72. The summed E-state index contributed by atoms with van der Waals surface area (Å²) in [7, 11) is 1.66. The Bertz CT molecular complexity index is 282. The number of ether oxygens (including phenoxy) is 2. The first-order valence-electron chi connectivity index (χ1n) is 5.70. The minimum absolute atomic E-state index is 0.681. The molecule has 0 fully saturated rings. The van der Waals surface area contributed by atoms with Gasteiger partial charge < -0.3 is 14.8 Å². The van der Waals surface area contributed by atoms with E-state index in [2.05, 4.69) is 19.2 Å². The molecule has 0 spiro atoms. The molecule has 0 unspecified atom stereocenters. The van der Waals surface area contributed by atoms with Crippen LogP contribution in [0.1, 0.15) is 13.8 Å². The lowest BCUT2D eigenvalue weighted by atomic mass is 10.2. The zero-order valence-corrected chi connectivity index (χ0v) is 10.3. The SMILES string of the molecule is COc1ccc(OCCNCC(C)C)cc1. The summed E-state index contributed by atoms with van der Waals surface area (Å²) >= 11 is 0. The van der Waals surface area contributed by atoms with Gasteiger partial charge in [0.1, 0.15) is 18.1 Å². The van der Waals surface area contributed by atoms with Gasteiger partial charge in [0.05, 0.1) is 7.11 Å². The third-order valence-electron chi connectivity index (χ3n) is 2.16. The highest BCUT2D eigenvalue weighted by Crippen LogP contribution is 2.16. The monoisotopic (exact) mass is 223 g/mol. The van der Waals surface area contributed by atoms with E-state index in [0.717, 1.165) is 24.6 Å². The van der Waals surface area contributed by atoms with Gasteiger partial charge in [-0.05, 0) is 36.7 Å². The zero-order chi connectivity index (χ0) is 11.8. The summed E-state index contributed by atoms with van der Waals surface area (Å²) in [5, 5.41) is 3.33. The number of nitrogens with one attached hydrogen (secondary N) is 1. The smallest absolute Gasteiger partial charge is 0.119 e. The van der Waals surface area contributed by atoms with Gasteiger partial charge in [0.25, 0.3) is 0 Å². The fraction of sp³-hybridized carbons (Fsp3) is 0.538. The highest BCUT2D eigenvalue weighted by Gasteiger charge is 1.95. The zero-order valence-electron chi connectivity index (χ0n) is 10.3. The summed E-state index contributed by atoms with van der Waals surface area (Å²) in [4.78, 5) is 0. The highest BCUT2D eigenvalue weighted by atomic mass is 16.5. The number of hydrogen-bond acceptors (Lipinski definition) is 3. The maximum Gasteiger partial charge on any atom is 0.119 e. The van der Waals surface area contributed by atoms with Gasteiger partial charge in [-0.3, -0.25) is 0 Å². The molecule has 1 rings (SSSR count). The lowest BCUT2D eigenvalue weighted by molar-refractivity contribution is 0.310. The largest absolute Gasteiger partial charge is 0.497 e. The Morgan fingerprint density at radius 1 is 1.12 bits per heavy atom. The second-order valence-corrected chi connectivity index (χ2v) is 4.12. The molecule has 0 saturated heterocycles. The Balaban J connectivity index is 2.16. The third-order valence-corrected chi connectivity index (χ3v) is 2.16. The summed E-state index contributed by atoms with van der Waals surface area (Å²) in [5.74, 6) is 2.42. The van der Waals surface area contributed by atoms with Gasteiger partial charge in [-0.2, -0.15) is 0 Å². The highest BCUT2D eigenvalue weighted by molar-refractivity contribution is 5.31. The molecule has 0 radical (unpaired) electrons. The number of benzene rings is 1. The molecule has 1 aromatic carbocycles. The van der Waals surface area contributed by atoms with E-state index in [1.165, 1.54) is 0 Å². The van der Waals surface area contributed by atoms with Crippen LogP contribution in [0.3, 0.4) is 0 Å². The third kappa shape index (κ3) is 5.03. The van der Waals surface area contributed by atoms with Gasteiger partial charge in [0.2, 0.25) is 0 Å². The molecule has 3 heteroatoms. The van der Waals surface area contributed by atoms with E-state index in [-0.39, 0.29) is 0 Å². The van der Waals surface area contributed by atoms with E-state index in [0.29, 0.717) is 12.5 Å². The molecule has 90 valence electrons. The first-order valence-corrected chi connectivity index (χ1v) is 5.70. The van der Waals surface area contributed by atoms with Crippen LogP contribution in [0.25, 0.3) is 0 Å². The second kappa shape index (κ2) is 7.12. The molecule has 0 atom stereocenters. The number of rotatable bonds is 7. The Morgan fingerprint density at radius 3 is 2.31 bits per heavy atom. The summed E-state index contributed by atoms with van der Waals surface area (Å²) < 4.78 is 10.6. The van der Waals surface area contributed by atoms with Crippen molar-refractivity contribution < 1.29 is 9.47 Å². The lowest BCUT2D eigenvalue weighted by Crippen LogP contribution is -2.24. The Hall–Kier alpha value is -1.22. The van der Waals surface area contributed by atoms with Gasteiger partial charge >= 0.3 is 0 Å². The molecular weight excluding hydrogens is 202 g/mol. The maximum absolute atomic E-state index is 5.57. The maximum atomic E-state index is 5.57. The van der Waals surface area contributed by atoms with Crippen LogP contribution >= 0.6 is 0 Å². The van der Waals surface area contributed by atoms with E-state index in [1.54, 1.807) is 7.11 Å². The van der Waals surface area contributed by atoms with Crippen molar-refractivity contribution in [1.82, 2.24) is 5.32 Å². The van der Waals surface area contributed by atoms with Crippen LogP contribution in [-0.4, -0.2) is 26.8 Å². The average molecular weight is 223 g/mol. The second-order valence-electron chi connectivity index (χ2n) is 4.12. The molecule has 3 nitrogen and oxygen atoms in total. The molecule has 0 aliphatic heterocycles. The van der Waals surface area contributed by atoms with Crippen LogP contribution in [0.15, 0.2) is 24.3 Å². The molecule has 1 aromatic rings. The summed E-state index contributed by atoms with van der Waals surface area (Å²) in [5.41, 5.74) is 0. The van der Waals surface area contributed by atoms with Crippen LogP contribution in [0.5, 0.6) is 11.5 Å². The van der Waals surface area contributed by atoms with Crippen LogP contribution in [-0.2, 0) is 0 Å².